The minimum atomic E-state index is 0.322. The molecule has 2 aromatic rings. The van der Waals surface area contributed by atoms with Gasteiger partial charge in [0.05, 0.1) is 0 Å². The molecule has 0 bridgehead atoms. The van der Waals surface area contributed by atoms with E-state index < -0.39 is 0 Å². The summed E-state index contributed by atoms with van der Waals surface area (Å²) in [7, 11) is 2.04. The van der Waals surface area contributed by atoms with E-state index in [-0.39, 0.29) is 0 Å². The van der Waals surface area contributed by atoms with Crippen LogP contribution in [0.25, 0.3) is 0 Å². The van der Waals surface area contributed by atoms with E-state index in [9.17, 15) is 0 Å². The minimum Gasteiger partial charge on any atom is -0.368 e. The third-order valence-corrected chi connectivity index (χ3v) is 4.72. The topological polar surface area (TPSA) is 92.8 Å². The summed E-state index contributed by atoms with van der Waals surface area (Å²) in [5.74, 6) is 2.40. The van der Waals surface area contributed by atoms with Crippen LogP contribution in [0.4, 0.5) is 11.8 Å². The number of nitrogen functional groups attached to an aromatic ring is 1. The summed E-state index contributed by atoms with van der Waals surface area (Å²) in [4.78, 5) is 18.5. The fraction of sp³-hybridized carbons (Fsp3) is 0.556. The molecule has 1 aliphatic heterocycles. The van der Waals surface area contributed by atoms with E-state index in [4.69, 9.17) is 5.73 Å². The Bertz CT molecular complexity index is 645. The zero-order chi connectivity index (χ0) is 17.5. The number of aromatic nitrogens is 4. The summed E-state index contributed by atoms with van der Waals surface area (Å²) in [6, 6.07) is 4.51. The molecule has 1 atom stereocenters. The van der Waals surface area contributed by atoms with Crippen LogP contribution in [0.3, 0.4) is 0 Å². The predicted octanol–water partition coefficient (Wildman–Crippen LogP) is 1.68. The molecule has 0 aromatic carbocycles. The van der Waals surface area contributed by atoms with Crippen molar-refractivity contribution in [3.63, 3.8) is 0 Å². The number of anilines is 2. The molecule has 1 saturated heterocycles. The number of nitrogens with zero attached hydrogens (tertiary/aromatic N) is 5. The van der Waals surface area contributed by atoms with Crippen LogP contribution in [-0.4, -0.2) is 46.1 Å². The lowest BCUT2D eigenvalue weighted by Gasteiger charge is -2.17. The van der Waals surface area contributed by atoms with Crippen molar-refractivity contribution in [3.8, 4) is 0 Å². The first-order valence-electron chi connectivity index (χ1n) is 9.00. The second-order valence-electron chi connectivity index (χ2n) is 6.68. The van der Waals surface area contributed by atoms with Gasteiger partial charge in [0, 0.05) is 43.3 Å². The molecule has 0 unspecified atom stereocenters. The maximum atomic E-state index is 5.14. The second kappa shape index (κ2) is 8.71. The Balaban J connectivity index is 0.000000219. The van der Waals surface area contributed by atoms with E-state index >= 15 is 0 Å². The number of hydrogen-bond donors (Lipinski definition) is 2. The number of likely N-dealkylation sites (N-methyl/N-ethyl adjacent to an activating group) is 1. The van der Waals surface area contributed by atoms with E-state index in [1.807, 2.05) is 7.05 Å². The molecule has 2 aromatic heterocycles. The maximum Gasteiger partial charge on any atom is 0.219 e. The molecule has 0 amide bonds. The zero-order valence-electron chi connectivity index (χ0n) is 14.8. The van der Waals surface area contributed by atoms with Gasteiger partial charge in [-0.15, -0.1) is 0 Å². The van der Waals surface area contributed by atoms with Gasteiger partial charge in [-0.05, 0) is 38.3 Å². The van der Waals surface area contributed by atoms with Crippen LogP contribution in [0, 0.1) is 5.92 Å². The Morgan fingerprint density at radius 3 is 2.56 bits per heavy atom. The first kappa shape index (κ1) is 17.5. The molecule has 2 aliphatic rings. The number of aryl methyl sites for hydroxylation is 1. The van der Waals surface area contributed by atoms with E-state index in [1.54, 1.807) is 24.8 Å². The highest BCUT2D eigenvalue weighted by Gasteiger charge is 2.23. The summed E-state index contributed by atoms with van der Waals surface area (Å²) in [5.41, 5.74) is 6.34. The van der Waals surface area contributed by atoms with Gasteiger partial charge >= 0.3 is 0 Å². The van der Waals surface area contributed by atoms with E-state index in [2.05, 4.69) is 36.2 Å². The van der Waals surface area contributed by atoms with E-state index in [0.29, 0.717) is 12.0 Å². The fourth-order valence-corrected chi connectivity index (χ4v) is 2.97. The van der Waals surface area contributed by atoms with E-state index in [1.165, 1.54) is 31.4 Å². The van der Waals surface area contributed by atoms with Crippen molar-refractivity contribution >= 4 is 11.8 Å². The highest BCUT2D eigenvalue weighted by Crippen LogP contribution is 2.33. The lowest BCUT2D eigenvalue weighted by Crippen LogP contribution is -2.29. The highest BCUT2D eigenvalue weighted by molar-refractivity contribution is 5.40. The number of rotatable bonds is 5. The molecule has 4 rings (SSSR count). The molecule has 0 spiro atoms. The molecule has 0 radical (unpaired) electrons. The van der Waals surface area contributed by atoms with Gasteiger partial charge in [0.1, 0.15) is 12.1 Å². The largest absolute Gasteiger partial charge is 0.368 e. The first-order chi connectivity index (χ1) is 12.2. The van der Waals surface area contributed by atoms with Gasteiger partial charge in [-0.1, -0.05) is 12.8 Å². The van der Waals surface area contributed by atoms with Gasteiger partial charge in [-0.25, -0.2) is 19.9 Å². The summed E-state index contributed by atoms with van der Waals surface area (Å²) in [6.45, 7) is 2.17. The van der Waals surface area contributed by atoms with Crippen molar-refractivity contribution in [2.75, 3.05) is 30.8 Å². The molecule has 7 heteroatoms. The molecular formula is C18H27N7. The van der Waals surface area contributed by atoms with Crippen LogP contribution >= 0.6 is 0 Å². The van der Waals surface area contributed by atoms with Crippen LogP contribution in [0.15, 0.2) is 30.9 Å². The van der Waals surface area contributed by atoms with Crippen molar-refractivity contribution < 1.29 is 0 Å². The van der Waals surface area contributed by atoms with Crippen LogP contribution in [-0.2, 0) is 6.42 Å². The SMILES string of the molecule is CN[C@@H]1CCN(c2cc(CCC3CC3)ncn2)C1.Nc1ncccn1. The predicted molar refractivity (Wildman–Crippen MR) is 99.2 cm³/mol. The van der Waals surface area contributed by atoms with Gasteiger partial charge < -0.3 is 16.0 Å². The summed E-state index contributed by atoms with van der Waals surface area (Å²) >= 11 is 0. The van der Waals surface area contributed by atoms with Crippen molar-refractivity contribution in [1.29, 1.82) is 0 Å². The number of nitrogens with one attached hydrogen (secondary N) is 1. The maximum absolute atomic E-state index is 5.14. The third kappa shape index (κ3) is 5.63. The average Bonchev–Trinajstić information content (AvgIpc) is 3.36. The zero-order valence-corrected chi connectivity index (χ0v) is 14.8. The van der Waals surface area contributed by atoms with Crippen molar-refractivity contribution in [3.05, 3.63) is 36.5 Å². The Labute approximate surface area is 149 Å². The van der Waals surface area contributed by atoms with Gasteiger partial charge in [0.15, 0.2) is 0 Å². The molecule has 1 aliphatic carbocycles. The molecule has 25 heavy (non-hydrogen) atoms. The lowest BCUT2D eigenvalue weighted by molar-refractivity contribution is 0.616. The summed E-state index contributed by atoms with van der Waals surface area (Å²) in [6.07, 6.45) is 11.4. The lowest BCUT2D eigenvalue weighted by atomic mass is 10.1. The summed E-state index contributed by atoms with van der Waals surface area (Å²) < 4.78 is 0. The number of nitrogens with two attached hydrogens (primary N) is 1. The van der Waals surface area contributed by atoms with Crippen molar-refractivity contribution in [2.45, 2.75) is 38.1 Å². The highest BCUT2D eigenvalue weighted by atomic mass is 15.2. The summed E-state index contributed by atoms with van der Waals surface area (Å²) in [5, 5.41) is 3.34. The number of hydrogen-bond acceptors (Lipinski definition) is 7. The molecule has 7 nitrogen and oxygen atoms in total. The molecular weight excluding hydrogens is 314 g/mol. The van der Waals surface area contributed by atoms with Crippen LogP contribution in [0.2, 0.25) is 0 Å². The molecule has 2 fully saturated rings. The Kier molecular flexibility index (Phi) is 6.11. The molecule has 3 N–H and O–H groups in total. The van der Waals surface area contributed by atoms with E-state index in [0.717, 1.165) is 31.2 Å². The normalized spacial score (nSPS) is 19.4. The van der Waals surface area contributed by atoms with Gasteiger partial charge in [0.2, 0.25) is 5.95 Å². The molecule has 134 valence electrons. The van der Waals surface area contributed by atoms with Gasteiger partial charge in [0.25, 0.3) is 0 Å². The van der Waals surface area contributed by atoms with Crippen molar-refractivity contribution in [1.82, 2.24) is 25.3 Å². The van der Waals surface area contributed by atoms with Crippen LogP contribution in [0.1, 0.15) is 31.4 Å². The van der Waals surface area contributed by atoms with Crippen LogP contribution in [0.5, 0.6) is 0 Å². The second-order valence-corrected chi connectivity index (χ2v) is 6.68. The minimum absolute atomic E-state index is 0.322. The third-order valence-electron chi connectivity index (χ3n) is 4.72. The molecule has 3 heterocycles. The van der Waals surface area contributed by atoms with Gasteiger partial charge in [-0.3, -0.25) is 0 Å². The standard InChI is InChI=1S/C14H22N4.C4H5N3/c1-15-13-6-7-18(9-13)14-8-12(16-10-17-14)5-4-11-2-3-11;5-4-6-2-1-3-7-4/h8,10-11,13,15H,2-7,9H2,1H3;1-3H,(H2,5,6,7)/t13-;/m1./s1. The molecule has 1 saturated carbocycles. The monoisotopic (exact) mass is 341 g/mol. The van der Waals surface area contributed by atoms with Crippen molar-refractivity contribution in [2.24, 2.45) is 5.92 Å². The quantitative estimate of drug-likeness (QED) is 0.854. The Morgan fingerprint density at radius 2 is 1.96 bits per heavy atom. The first-order valence-corrected chi connectivity index (χ1v) is 9.00. The average molecular weight is 341 g/mol. The Hall–Kier alpha value is -2.28. The van der Waals surface area contributed by atoms with Crippen LogP contribution < -0.4 is 16.0 Å². The van der Waals surface area contributed by atoms with Gasteiger partial charge in [-0.2, -0.15) is 0 Å². The Morgan fingerprint density at radius 1 is 1.16 bits per heavy atom. The fourth-order valence-electron chi connectivity index (χ4n) is 2.97. The smallest absolute Gasteiger partial charge is 0.219 e.